The summed E-state index contributed by atoms with van der Waals surface area (Å²) >= 11 is 1.34. The van der Waals surface area contributed by atoms with Gasteiger partial charge in [-0.2, -0.15) is 5.26 Å². The molecule has 1 amide bonds. The lowest BCUT2D eigenvalue weighted by atomic mass is 9.98. The van der Waals surface area contributed by atoms with E-state index in [1.54, 1.807) is 12.1 Å². The van der Waals surface area contributed by atoms with E-state index in [-0.39, 0.29) is 18.9 Å². The first kappa shape index (κ1) is 19.5. The third kappa shape index (κ3) is 6.26. The zero-order valence-corrected chi connectivity index (χ0v) is 15.3. The van der Waals surface area contributed by atoms with Crippen molar-refractivity contribution in [2.24, 2.45) is 0 Å². The molecule has 2 rings (SSSR count). The van der Waals surface area contributed by atoms with Gasteiger partial charge in [-0.05, 0) is 23.6 Å². The highest BCUT2D eigenvalue weighted by Crippen LogP contribution is 2.26. The quantitative estimate of drug-likeness (QED) is 0.563. The number of amides is 1. The Morgan fingerprint density at radius 2 is 1.85 bits per heavy atom. The number of carbonyl (C=O) groups excluding carboxylic acids is 2. The van der Waals surface area contributed by atoms with Gasteiger partial charge in [0.1, 0.15) is 0 Å². The highest BCUT2D eigenvalue weighted by atomic mass is 32.2. The van der Waals surface area contributed by atoms with Crippen molar-refractivity contribution < 1.29 is 14.3 Å². The molecule has 0 heterocycles. The number of benzene rings is 2. The smallest absolute Gasteiger partial charge is 0.306 e. The lowest BCUT2D eigenvalue weighted by Crippen LogP contribution is -2.21. The van der Waals surface area contributed by atoms with Gasteiger partial charge in [-0.25, -0.2) is 0 Å². The summed E-state index contributed by atoms with van der Waals surface area (Å²) < 4.78 is 5.08. The second-order valence-corrected chi connectivity index (χ2v) is 6.68. The summed E-state index contributed by atoms with van der Waals surface area (Å²) in [5, 5.41) is 11.4. The lowest BCUT2D eigenvalue weighted by molar-refractivity contribution is -0.147. The maximum atomic E-state index is 12.0. The van der Waals surface area contributed by atoms with Crippen LogP contribution >= 0.6 is 11.8 Å². The van der Waals surface area contributed by atoms with E-state index in [0.717, 1.165) is 10.5 Å². The van der Waals surface area contributed by atoms with E-state index in [1.165, 1.54) is 11.8 Å². The Balaban J connectivity index is 1.82. The molecular weight excluding hydrogens is 348 g/mol. The van der Waals surface area contributed by atoms with Gasteiger partial charge < -0.3 is 10.1 Å². The molecule has 0 fully saturated rings. The van der Waals surface area contributed by atoms with Crippen LogP contribution in [0.1, 0.15) is 24.8 Å². The molecule has 26 heavy (non-hydrogen) atoms. The largest absolute Gasteiger partial charge is 0.456 e. The second kappa shape index (κ2) is 10.3. The van der Waals surface area contributed by atoms with E-state index in [1.807, 2.05) is 55.5 Å². The van der Waals surface area contributed by atoms with E-state index in [4.69, 9.17) is 10.00 Å². The Morgan fingerprint density at radius 1 is 1.15 bits per heavy atom. The van der Waals surface area contributed by atoms with Crippen LogP contribution < -0.4 is 5.32 Å². The highest BCUT2D eigenvalue weighted by Gasteiger charge is 2.14. The van der Waals surface area contributed by atoms with E-state index in [2.05, 4.69) is 5.32 Å². The average Bonchev–Trinajstić information content (AvgIpc) is 2.66. The van der Waals surface area contributed by atoms with Gasteiger partial charge in [0.15, 0.2) is 6.61 Å². The van der Waals surface area contributed by atoms with Gasteiger partial charge in [-0.15, -0.1) is 11.8 Å². The van der Waals surface area contributed by atoms with Crippen molar-refractivity contribution in [2.45, 2.75) is 24.2 Å². The fraction of sp³-hybridized carbons (Fsp3) is 0.250. The summed E-state index contributed by atoms with van der Waals surface area (Å²) in [6, 6.07) is 18.9. The Morgan fingerprint density at radius 3 is 2.58 bits per heavy atom. The van der Waals surface area contributed by atoms with Gasteiger partial charge >= 0.3 is 5.97 Å². The monoisotopic (exact) mass is 368 g/mol. The first-order chi connectivity index (χ1) is 12.6. The molecule has 0 saturated heterocycles. The fourth-order valence-electron chi connectivity index (χ4n) is 2.35. The maximum absolute atomic E-state index is 12.0. The van der Waals surface area contributed by atoms with Crippen LogP contribution in [0.15, 0.2) is 59.5 Å². The molecule has 0 bridgehead atoms. The van der Waals surface area contributed by atoms with Crippen LogP contribution in [0.2, 0.25) is 0 Å². The van der Waals surface area contributed by atoms with Gasteiger partial charge in [0.2, 0.25) is 0 Å². The SMILES string of the molecule is C[C@H](CC(=O)OCC(=O)Nc1ccccc1SCC#N)c1ccccc1. The van der Waals surface area contributed by atoms with Crippen molar-refractivity contribution in [1.29, 1.82) is 5.26 Å². The number of anilines is 1. The molecule has 2 aromatic rings. The Hall–Kier alpha value is -2.78. The van der Waals surface area contributed by atoms with Gasteiger partial charge in [-0.3, -0.25) is 9.59 Å². The number of thioether (sulfide) groups is 1. The number of nitrogens with zero attached hydrogens (tertiary/aromatic N) is 1. The highest BCUT2D eigenvalue weighted by molar-refractivity contribution is 7.99. The molecule has 0 aliphatic carbocycles. The van der Waals surface area contributed by atoms with Crippen LogP contribution in [0.4, 0.5) is 5.69 Å². The summed E-state index contributed by atoms with van der Waals surface area (Å²) in [6.07, 6.45) is 0.214. The van der Waals surface area contributed by atoms with Crippen molar-refractivity contribution >= 4 is 29.3 Å². The minimum absolute atomic E-state index is 0.0230. The normalized spacial score (nSPS) is 11.2. The topological polar surface area (TPSA) is 79.2 Å². The van der Waals surface area contributed by atoms with Crippen LogP contribution in [-0.2, 0) is 14.3 Å². The van der Waals surface area contributed by atoms with Gasteiger partial charge in [0.05, 0.1) is 23.9 Å². The summed E-state index contributed by atoms with van der Waals surface area (Å²) in [6.45, 7) is 1.61. The van der Waals surface area contributed by atoms with E-state index < -0.39 is 11.9 Å². The number of rotatable bonds is 8. The second-order valence-electron chi connectivity index (χ2n) is 5.67. The number of nitriles is 1. The molecule has 0 aromatic heterocycles. The summed E-state index contributed by atoms with van der Waals surface area (Å²) in [4.78, 5) is 24.8. The lowest BCUT2D eigenvalue weighted by Gasteiger charge is -2.12. The summed E-state index contributed by atoms with van der Waals surface area (Å²) in [7, 11) is 0. The molecule has 1 N–H and O–H groups in total. The van der Waals surface area contributed by atoms with E-state index >= 15 is 0 Å². The van der Waals surface area contributed by atoms with Crippen molar-refractivity contribution in [3.05, 3.63) is 60.2 Å². The molecule has 6 heteroatoms. The molecular formula is C20H20N2O3S. The van der Waals surface area contributed by atoms with Crippen molar-refractivity contribution in [2.75, 3.05) is 17.7 Å². The fourth-order valence-corrected chi connectivity index (χ4v) is 3.02. The molecule has 0 unspecified atom stereocenters. The van der Waals surface area contributed by atoms with Crippen LogP contribution in [0, 0.1) is 11.3 Å². The van der Waals surface area contributed by atoms with Crippen LogP contribution in [0.25, 0.3) is 0 Å². The van der Waals surface area contributed by atoms with Crippen LogP contribution in [-0.4, -0.2) is 24.2 Å². The van der Waals surface area contributed by atoms with Gasteiger partial charge in [0.25, 0.3) is 5.91 Å². The summed E-state index contributed by atoms with van der Waals surface area (Å²) in [5.41, 5.74) is 1.66. The summed E-state index contributed by atoms with van der Waals surface area (Å²) in [5.74, 6) is -0.506. The molecule has 2 aromatic carbocycles. The van der Waals surface area contributed by atoms with E-state index in [9.17, 15) is 9.59 Å². The van der Waals surface area contributed by atoms with Gasteiger partial charge in [0, 0.05) is 4.90 Å². The maximum Gasteiger partial charge on any atom is 0.306 e. The van der Waals surface area contributed by atoms with E-state index in [0.29, 0.717) is 11.4 Å². The number of ether oxygens (including phenoxy) is 1. The van der Waals surface area contributed by atoms with Gasteiger partial charge in [-0.1, -0.05) is 49.4 Å². The number of carbonyl (C=O) groups is 2. The average molecular weight is 368 g/mol. The molecule has 0 saturated carbocycles. The number of esters is 1. The standard InChI is InChI=1S/C20H20N2O3S/c1-15(16-7-3-2-4-8-16)13-20(24)25-14-19(23)22-17-9-5-6-10-18(17)26-12-11-21/h2-10,15H,12-14H2,1H3,(H,22,23)/t15-/m1/s1. The molecule has 0 aliphatic rings. The number of para-hydroxylation sites is 1. The molecule has 5 nitrogen and oxygen atoms in total. The Kier molecular flexibility index (Phi) is 7.72. The number of nitrogens with one attached hydrogen (secondary N) is 1. The Bertz CT molecular complexity index is 787. The minimum Gasteiger partial charge on any atom is -0.456 e. The molecule has 0 spiro atoms. The third-order valence-corrected chi connectivity index (χ3v) is 4.60. The predicted octanol–water partition coefficient (Wildman–Crippen LogP) is 3.98. The molecule has 0 radical (unpaired) electrons. The minimum atomic E-state index is -0.413. The first-order valence-electron chi connectivity index (χ1n) is 8.19. The number of hydrogen-bond acceptors (Lipinski definition) is 5. The molecule has 134 valence electrons. The van der Waals surface area contributed by atoms with Crippen LogP contribution in [0.5, 0.6) is 0 Å². The van der Waals surface area contributed by atoms with Crippen molar-refractivity contribution in [3.63, 3.8) is 0 Å². The zero-order valence-electron chi connectivity index (χ0n) is 14.5. The molecule has 1 atom stereocenters. The third-order valence-electron chi connectivity index (χ3n) is 3.66. The predicted molar refractivity (Wildman–Crippen MR) is 102 cm³/mol. The van der Waals surface area contributed by atoms with Crippen molar-refractivity contribution in [3.8, 4) is 6.07 Å². The Labute approximate surface area is 157 Å². The molecule has 0 aliphatic heterocycles. The zero-order chi connectivity index (χ0) is 18.8. The number of hydrogen-bond donors (Lipinski definition) is 1. The van der Waals surface area contributed by atoms with Crippen LogP contribution in [0.3, 0.4) is 0 Å². The van der Waals surface area contributed by atoms with Crippen molar-refractivity contribution in [1.82, 2.24) is 0 Å². The first-order valence-corrected chi connectivity index (χ1v) is 9.18.